The van der Waals surface area contributed by atoms with E-state index in [0.29, 0.717) is 69.1 Å². The highest BCUT2D eigenvalue weighted by Crippen LogP contribution is 2.35. The van der Waals surface area contributed by atoms with Crippen LogP contribution in [0.2, 0.25) is 0 Å². The van der Waals surface area contributed by atoms with Crippen molar-refractivity contribution in [3.05, 3.63) is 71.7 Å². The predicted octanol–water partition coefficient (Wildman–Crippen LogP) is 6.51. The Kier molecular flexibility index (Phi) is 8.34. The fourth-order valence-electron chi connectivity index (χ4n) is 5.30. The van der Waals surface area contributed by atoms with Gasteiger partial charge < -0.3 is 19.9 Å². The highest BCUT2D eigenvalue weighted by molar-refractivity contribution is 5.54. The summed E-state index contributed by atoms with van der Waals surface area (Å²) < 4.78 is 84.6. The molecule has 0 atom stereocenters. The van der Waals surface area contributed by atoms with Crippen molar-refractivity contribution in [3.8, 4) is 11.8 Å². The van der Waals surface area contributed by atoms with Crippen LogP contribution in [0.3, 0.4) is 0 Å². The maximum atomic E-state index is 13.3. The van der Waals surface area contributed by atoms with Crippen molar-refractivity contribution < 1.29 is 31.1 Å². The van der Waals surface area contributed by atoms with Gasteiger partial charge in [0.05, 0.1) is 46.9 Å². The minimum Gasteiger partial charge on any atom is -0.489 e. The van der Waals surface area contributed by atoms with E-state index in [1.807, 2.05) is 11.0 Å². The van der Waals surface area contributed by atoms with E-state index in [4.69, 9.17) is 10.00 Å². The number of hydrogen-bond acceptors (Lipinski definition) is 7. The second-order valence-corrected chi connectivity index (χ2v) is 10.4. The van der Waals surface area contributed by atoms with Crippen LogP contribution in [0.5, 0.6) is 5.75 Å². The number of nitrogens with zero attached hydrogens (tertiary/aromatic N) is 5. The van der Waals surface area contributed by atoms with Crippen molar-refractivity contribution in [1.29, 1.82) is 5.26 Å². The van der Waals surface area contributed by atoms with Gasteiger partial charge in [-0.25, -0.2) is 4.98 Å². The first-order valence-corrected chi connectivity index (χ1v) is 13.5. The van der Waals surface area contributed by atoms with Gasteiger partial charge in [0.25, 0.3) is 0 Å². The van der Waals surface area contributed by atoms with Crippen LogP contribution in [0, 0.1) is 11.3 Å². The maximum Gasteiger partial charge on any atom is 0.417 e. The normalized spacial score (nSPS) is 19.7. The van der Waals surface area contributed by atoms with Crippen molar-refractivity contribution in [1.82, 2.24) is 9.97 Å². The summed E-state index contributed by atoms with van der Waals surface area (Å²) in [6.45, 7) is 2.44. The number of pyridine rings is 2. The van der Waals surface area contributed by atoms with E-state index in [2.05, 4.69) is 20.2 Å². The van der Waals surface area contributed by atoms with Crippen LogP contribution in [0.25, 0.3) is 0 Å². The molecule has 0 amide bonds. The van der Waals surface area contributed by atoms with Crippen molar-refractivity contribution in [2.45, 2.75) is 50.2 Å². The molecule has 1 N–H and O–H groups in total. The summed E-state index contributed by atoms with van der Waals surface area (Å²) in [5.41, 5.74) is -0.916. The van der Waals surface area contributed by atoms with Crippen molar-refractivity contribution >= 4 is 17.2 Å². The summed E-state index contributed by atoms with van der Waals surface area (Å²) >= 11 is 0. The zero-order valence-electron chi connectivity index (χ0n) is 22.4. The molecule has 222 valence electrons. The second kappa shape index (κ2) is 12.0. The Labute approximate surface area is 238 Å². The lowest BCUT2D eigenvalue weighted by Crippen LogP contribution is -2.46. The summed E-state index contributed by atoms with van der Waals surface area (Å²) in [6, 6.07) is 9.59. The first-order chi connectivity index (χ1) is 20.0. The Bertz CT molecular complexity index is 1410. The number of benzene rings is 1. The van der Waals surface area contributed by atoms with Gasteiger partial charge in [-0.1, -0.05) is 0 Å². The van der Waals surface area contributed by atoms with Gasteiger partial charge in [-0.3, -0.25) is 4.98 Å². The average molecular weight is 591 g/mol. The molecule has 2 aliphatic rings. The molecule has 5 rings (SSSR count). The van der Waals surface area contributed by atoms with E-state index in [0.717, 1.165) is 24.0 Å². The molecule has 7 nitrogen and oxygen atoms in total. The third-order valence-electron chi connectivity index (χ3n) is 7.54. The summed E-state index contributed by atoms with van der Waals surface area (Å²) in [7, 11) is 0. The summed E-state index contributed by atoms with van der Waals surface area (Å²) in [5.74, 6) is 1.13. The first-order valence-electron chi connectivity index (χ1n) is 13.5. The Morgan fingerprint density at radius 3 is 2.17 bits per heavy atom. The zero-order valence-corrected chi connectivity index (χ0v) is 22.4. The molecule has 3 heterocycles. The lowest BCUT2D eigenvalue weighted by atomic mass is 9.92. The largest absolute Gasteiger partial charge is 0.489 e. The number of halogens is 6. The van der Waals surface area contributed by atoms with Crippen LogP contribution < -0.4 is 19.9 Å². The van der Waals surface area contributed by atoms with Gasteiger partial charge in [-0.05, 0) is 56.0 Å². The van der Waals surface area contributed by atoms with Crippen LogP contribution >= 0.6 is 0 Å². The summed E-state index contributed by atoms with van der Waals surface area (Å²) in [6.07, 6.45) is -2.01. The lowest BCUT2D eigenvalue weighted by Gasteiger charge is -2.36. The summed E-state index contributed by atoms with van der Waals surface area (Å²) in [4.78, 5) is 12.4. The second-order valence-electron chi connectivity index (χ2n) is 10.4. The fraction of sp³-hybridized carbons (Fsp3) is 0.414. The monoisotopic (exact) mass is 590 g/mol. The van der Waals surface area contributed by atoms with Gasteiger partial charge in [-0.15, -0.1) is 0 Å². The number of ether oxygens (including phenoxy) is 1. The lowest BCUT2D eigenvalue weighted by molar-refractivity contribution is -0.138. The third kappa shape index (κ3) is 6.98. The SMILES string of the molecule is N#Cc1ccc(N[C@H]2CC[C@H](Oc3cncc(N4CCN(c5ccc(C(F)(F)F)cn5)CC4)c3)CC2)cc1C(F)(F)F. The number of anilines is 3. The number of rotatable bonds is 6. The van der Waals surface area contributed by atoms with Crippen LogP contribution in [0.4, 0.5) is 43.5 Å². The molecule has 1 saturated carbocycles. The van der Waals surface area contributed by atoms with Crippen LogP contribution in [-0.4, -0.2) is 48.3 Å². The van der Waals surface area contributed by atoms with Crippen molar-refractivity contribution in [3.63, 3.8) is 0 Å². The van der Waals surface area contributed by atoms with E-state index < -0.39 is 29.0 Å². The van der Waals surface area contributed by atoms with Crippen LogP contribution in [-0.2, 0) is 12.4 Å². The van der Waals surface area contributed by atoms with Gasteiger partial charge in [0.1, 0.15) is 11.6 Å². The molecule has 3 aromatic rings. The van der Waals surface area contributed by atoms with Crippen LogP contribution in [0.1, 0.15) is 42.4 Å². The number of nitrogens with one attached hydrogen (secondary N) is 1. The first kappa shape index (κ1) is 29.3. The molecular weight excluding hydrogens is 562 g/mol. The Morgan fingerprint density at radius 1 is 0.833 bits per heavy atom. The van der Waals surface area contributed by atoms with E-state index in [-0.39, 0.29) is 12.1 Å². The van der Waals surface area contributed by atoms with Crippen molar-refractivity contribution in [2.24, 2.45) is 0 Å². The molecule has 1 aliphatic heterocycles. The molecule has 13 heteroatoms. The van der Waals surface area contributed by atoms with Gasteiger partial charge in [0.15, 0.2) is 0 Å². The highest BCUT2D eigenvalue weighted by atomic mass is 19.4. The van der Waals surface area contributed by atoms with Gasteiger partial charge in [0.2, 0.25) is 0 Å². The van der Waals surface area contributed by atoms with Gasteiger partial charge in [-0.2, -0.15) is 31.6 Å². The van der Waals surface area contributed by atoms with Crippen molar-refractivity contribution in [2.75, 3.05) is 41.3 Å². The average Bonchev–Trinajstić information content (AvgIpc) is 2.97. The number of piperazine rings is 1. The number of hydrogen-bond donors (Lipinski definition) is 1. The van der Waals surface area contributed by atoms with E-state index in [9.17, 15) is 26.3 Å². The number of aromatic nitrogens is 2. The molecule has 0 unspecified atom stereocenters. The molecule has 42 heavy (non-hydrogen) atoms. The quantitative estimate of drug-likeness (QED) is 0.328. The minimum atomic E-state index is -4.60. The topological polar surface area (TPSA) is 77.3 Å². The smallest absolute Gasteiger partial charge is 0.417 e. The molecule has 1 aromatic carbocycles. The summed E-state index contributed by atoms with van der Waals surface area (Å²) in [5, 5.41) is 12.2. The molecule has 0 spiro atoms. The third-order valence-corrected chi connectivity index (χ3v) is 7.54. The Hall–Kier alpha value is -4.21. The highest BCUT2D eigenvalue weighted by Gasteiger charge is 2.34. The van der Waals surface area contributed by atoms with Gasteiger partial charge >= 0.3 is 12.4 Å². The van der Waals surface area contributed by atoms with E-state index in [1.54, 1.807) is 18.5 Å². The van der Waals surface area contributed by atoms with E-state index in [1.165, 1.54) is 18.2 Å². The maximum absolute atomic E-state index is 13.3. The van der Waals surface area contributed by atoms with E-state index >= 15 is 0 Å². The number of alkyl halides is 6. The molecule has 1 aliphatic carbocycles. The minimum absolute atomic E-state index is 0.0150. The Morgan fingerprint density at radius 2 is 1.55 bits per heavy atom. The molecule has 0 bridgehead atoms. The zero-order chi connectivity index (χ0) is 29.9. The fourth-order valence-corrected chi connectivity index (χ4v) is 5.30. The number of nitriles is 1. The van der Waals surface area contributed by atoms with Gasteiger partial charge in [0, 0.05) is 50.2 Å². The Balaban J connectivity index is 1.11. The molecule has 0 radical (unpaired) electrons. The standard InChI is InChI=1S/C29H28F6N6O/c30-28(31,32)20-2-8-27(38-16-20)41-11-9-40(10-12-41)23-14-25(18-37-17-23)42-24-6-4-21(5-7-24)39-22-3-1-19(15-36)26(13-22)29(33,34)35/h1-3,8,13-14,16-18,21,24,39H,4-7,9-12H2/t21-,24-. The van der Waals surface area contributed by atoms with Crippen LogP contribution in [0.15, 0.2) is 55.0 Å². The molecule has 2 fully saturated rings. The molecule has 1 saturated heterocycles. The molecule has 2 aromatic heterocycles. The predicted molar refractivity (Wildman–Crippen MR) is 144 cm³/mol. The molecular formula is C29H28F6N6O.